The summed E-state index contributed by atoms with van der Waals surface area (Å²) in [7, 11) is 1.77. The number of hydrogen-bond donors (Lipinski definition) is 5. The van der Waals surface area contributed by atoms with Gasteiger partial charge in [0.2, 0.25) is 11.8 Å². The molecular weight excluding hydrogens is 456 g/mol. The third-order valence-corrected chi connectivity index (χ3v) is 6.81. The number of fused-ring (bicyclic) bond motifs is 1. The lowest BCUT2D eigenvalue weighted by molar-refractivity contribution is -0.131. The highest BCUT2D eigenvalue weighted by molar-refractivity contribution is 5.86. The molecule has 3 rings (SSSR count). The topological polar surface area (TPSA) is 152 Å². The Kier molecular flexibility index (Phi) is 10.2. The molecule has 1 fully saturated rings. The zero-order valence-corrected chi connectivity index (χ0v) is 20.9. The van der Waals surface area contributed by atoms with Crippen molar-refractivity contribution in [3.8, 4) is 0 Å². The zero-order valence-electron chi connectivity index (χ0n) is 20.9. The van der Waals surface area contributed by atoms with Crippen LogP contribution in [0.5, 0.6) is 0 Å². The average Bonchev–Trinajstić information content (AvgIpc) is 2.88. The van der Waals surface area contributed by atoms with E-state index in [1.54, 1.807) is 7.05 Å². The number of benzene rings is 2. The largest absolute Gasteiger partial charge is 0.370 e. The molecule has 194 valence electrons. The number of carbonyl (C=O) groups excluding carboxylic acids is 3. The third-order valence-electron chi connectivity index (χ3n) is 6.81. The molecule has 0 bridgehead atoms. The molecular formula is C27H38N6O3. The highest BCUT2D eigenvalue weighted by Crippen LogP contribution is 2.25. The molecule has 2 aromatic carbocycles. The quantitative estimate of drug-likeness (QED) is 0.130. The average molecular weight is 495 g/mol. The first-order valence-corrected chi connectivity index (χ1v) is 12.7. The summed E-state index contributed by atoms with van der Waals surface area (Å²) in [5, 5.41) is 11.4. The van der Waals surface area contributed by atoms with E-state index in [-0.39, 0.29) is 29.7 Å². The second-order valence-corrected chi connectivity index (χ2v) is 9.43. The number of likely N-dealkylation sites (N-methyl/N-ethyl adjacent to an activating group) is 1. The summed E-state index contributed by atoms with van der Waals surface area (Å²) in [4.78, 5) is 41.7. The minimum atomic E-state index is -0.608. The number of aliphatic imine (C=N–C) groups is 1. The third kappa shape index (κ3) is 7.78. The highest BCUT2D eigenvalue weighted by atomic mass is 16.2. The van der Waals surface area contributed by atoms with Crippen LogP contribution in [-0.4, -0.2) is 55.8 Å². The van der Waals surface area contributed by atoms with Crippen molar-refractivity contribution in [1.29, 1.82) is 0 Å². The molecule has 1 aliphatic rings. The van der Waals surface area contributed by atoms with Gasteiger partial charge in [0, 0.05) is 12.6 Å². The van der Waals surface area contributed by atoms with Crippen molar-refractivity contribution in [1.82, 2.24) is 16.0 Å². The Bertz CT molecular complexity index is 1070. The van der Waals surface area contributed by atoms with Gasteiger partial charge >= 0.3 is 0 Å². The van der Waals surface area contributed by atoms with E-state index >= 15 is 0 Å². The van der Waals surface area contributed by atoms with E-state index in [2.05, 4.69) is 45.2 Å². The van der Waals surface area contributed by atoms with E-state index in [0.717, 1.165) is 41.9 Å². The SMILES string of the molecule is CNC(Cc1ccc2ccccc2c1)C(=O)N[C@H]1CCCC[C@H]1C(=O)N[C@@H](C=O)CCCN=C(N)N. The van der Waals surface area contributed by atoms with Gasteiger partial charge in [-0.2, -0.15) is 0 Å². The van der Waals surface area contributed by atoms with Crippen LogP contribution >= 0.6 is 0 Å². The Hall–Kier alpha value is -3.46. The molecule has 9 nitrogen and oxygen atoms in total. The van der Waals surface area contributed by atoms with Crippen molar-refractivity contribution in [2.75, 3.05) is 13.6 Å². The summed E-state index contributed by atoms with van der Waals surface area (Å²) in [5.41, 5.74) is 11.7. The molecule has 2 amide bonds. The van der Waals surface area contributed by atoms with Crippen molar-refractivity contribution >= 4 is 34.8 Å². The van der Waals surface area contributed by atoms with E-state index in [9.17, 15) is 14.4 Å². The lowest BCUT2D eigenvalue weighted by Gasteiger charge is -2.33. The van der Waals surface area contributed by atoms with Crippen LogP contribution in [0.25, 0.3) is 10.8 Å². The Balaban J connectivity index is 1.59. The molecule has 0 radical (unpaired) electrons. The van der Waals surface area contributed by atoms with Gasteiger partial charge in [-0.05, 0) is 55.5 Å². The molecule has 2 aromatic rings. The number of nitrogens with two attached hydrogens (primary N) is 2. The molecule has 7 N–H and O–H groups in total. The first-order chi connectivity index (χ1) is 17.4. The van der Waals surface area contributed by atoms with E-state index in [4.69, 9.17) is 11.5 Å². The Morgan fingerprint density at radius 2 is 1.86 bits per heavy atom. The van der Waals surface area contributed by atoms with Crippen LogP contribution in [-0.2, 0) is 20.8 Å². The van der Waals surface area contributed by atoms with E-state index in [0.29, 0.717) is 32.2 Å². The Morgan fingerprint density at radius 3 is 2.58 bits per heavy atom. The number of guanidine groups is 1. The van der Waals surface area contributed by atoms with Gasteiger partial charge in [-0.15, -0.1) is 0 Å². The van der Waals surface area contributed by atoms with Gasteiger partial charge < -0.3 is 32.2 Å². The predicted octanol–water partition coefficient (Wildman–Crippen LogP) is 1.38. The lowest BCUT2D eigenvalue weighted by atomic mass is 9.83. The smallest absolute Gasteiger partial charge is 0.237 e. The standard InChI is InChI=1S/C27H38N6O3/c1-30-24(16-18-12-13-19-7-2-3-8-20(19)15-18)26(36)33-23-11-5-4-10-22(23)25(35)32-21(17-34)9-6-14-31-27(28)29/h2-3,7-8,12-13,15,17,21-24,30H,4-6,9-11,14,16H2,1H3,(H,32,35)(H,33,36)(H4,28,29,31)/t21-,22-,23+,24?/m1/s1. The van der Waals surface area contributed by atoms with Gasteiger partial charge in [0.25, 0.3) is 0 Å². The Morgan fingerprint density at radius 1 is 1.11 bits per heavy atom. The molecule has 36 heavy (non-hydrogen) atoms. The zero-order chi connectivity index (χ0) is 25.9. The maximum atomic E-state index is 13.2. The molecule has 1 saturated carbocycles. The number of hydrogen-bond acceptors (Lipinski definition) is 5. The minimum absolute atomic E-state index is 0.00275. The molecule has 1 unspecified atom stereocenters. The molecule has 1 aliphatic carbocycles. The van der Waals surface area contributed by atoms with Crippen molar-refractivity contribution < 1.29 is 14.4 Å². The number of nitrogens with zero attached hydrogens (tertiary/aromatic N) is 1. The van der Waals surface area contributed by atoms with Crippen LogP contribution < -0.4 is 27.4 Å². The maximum Gasteiger partial charge on any atom is 0.237 e. The van der Waals surface area contributed by atoms with Gasteiger partial charge in [-0.3, -0.25) is 14.6 Å². The number of carbonyl (C=O) groups is 3. The summed E-state index contributed by atoms with van der Waals surface area (Å²) in [5.74, 6) is -0.696. The second-order valence-electron chi connectivity index (χ2n) is 9.43. The highest BCUT2D eigenvalue weighted by Gasteiger charge is 2.34. The molecule has 0 spiro atoms. The van der Waals surface area contributed by atoms with Crippen LogP contribution in [0.1, 0.15) is 44.1 Å². The van der Waals surface area contributed by atoms with Gasteiger partial charge in [-0.1, -0.05) is 55.3 Å². The number of amides is 2. The number of rotatable bonds is 12. The molecule has 0 aliphatic heterocycles. The van der Waals surface area contributed by atoms with Gasteiger partial charge in [0.05, 0.1) is 18.0 Å². The molecule has 0 saturated heterocycles. The van der Waals surface area contributed by atoms with E-state index in [1.165, 1.54) is 0 Å². The van der Waals surface area contributed by atoms with Gasteiger partial charge in [-0.25, -0.2) is 0 Å². The predicted molar refractivity (Wildman–Crippen MR) is 142 cm³/mol. The van der Waals surface area contributed by atoms with Crippen LogP contribution in [0.4, 0.5) is 0 Å². The fraction of sp³-hybridized carbons (Fsp3) is 0.481. The van der Waals surface area contributed by atoms with Crippen LogP contribution in [0.2, 0.25) is 0 Å². The van der Waals surface area contributed by atoms with E-state index < -0.39 is 12.1 Å². The van der Waals surface area contributed by atoms with E-state index in [1.807, 2.05) is 18.2 Å². The van der Waals surface area contributed by atoms with Gasteiger partial charge in [0.15, 0.2) is 5.96 Å². The minimum Gasteiger partial charge on any atom is -0.370 e. The number of aldehydes is 1. The van der Waals surface area contributed by atoms with Crippen LogP contribution in [0.3, 0.4) is 0 Å². The summed E-state index contributed by atoms with van der Waals surface area (Å²) >= 11 is 0. The van der Waals surface area contributed by atoms with Crippen LogP contribution in [0.15, 0.2) is 47.5 Å². The number of nitrogens with one attached hydrogen (secondary N) is 3. The molecule has 9 heteroatoms. The first kappa shape index (κ1) is 27.1. The maximum absolute atomic E-state index is 13.2. The second kappa shape index (κ2) is 13.6. The monoisotopic (exact) mass is 494 g/mol. The van der Waals surface area contributed by atoms with Crippen molar-refractivity contribution in [2.24, 2.45) is 22.4 Å². The summed E-state index contributed by atoms with van der Waals surface area (Å²) in [6.07, 6.45) is 5.56. The first-order valence-electron chi connectivity index (χ1n) is 12.7. The van der Waals surface area contributed by atoms with Crippen LogP contribution in [0, 0.1) is 5.92 Å². The lowest BCUT2D eigenvalue weighted by Crippen LogP contribution is -2.54. The summed E-state index contributed by atoms with van der Waals surface area (Å²) in [6, 6.07) is 13.1. The fourth-order valence-electron chi connectivity index (χ4n) is 4.81. The van der Waals surface area contributed by atoms with Crippen molar-refractivity contribution in [2.45, 2.75) is 63.1 Å². The fourth-order valence-corrected chi connectivity index (χ4v) is 4.81. The normalized spacial score (nSPS) is 19.1. The van der Waals surface area contributed by atoms with Crippen molar-refractivity contribution in [3.63, 3.8) is 0 Å². The van der Waals surface area contributed by atoms with Gasteiger partial charge in [0.1, 0.15) is 6.29 Å². The van der Waals surface area contributed by atoms with Crippen molar-refractivity contribution in [3.05, 3.63) is 48.0 Å². The summed E-state index contributed by atoms with van der Waals surface area (Å²) < 4.78 is 0. The summed E-state index contributed by atoms with van der Waals surface area (Å²) in [6.45, 7) is 0.396. The molecule has 0 heterocycles. The Labute approximate surface area is 212 Å². The molecule has 4 atom stereocenters. The molecule has 0 aromatic heterocycles.